The number of alkyl halides is 3. The van der Waals surface area contributed by atoms with Gasteiger partial charge in [0, 0.05) is 19.6 Å². The van der Waals surface area contributed by atoms with E-state index in [1.165, 1.54) is 4.90 Å². The Labute approximate surface area is 115 Å². The molecule has 0 saturated carbocycles. The highest BCUT2D eigenvalue weighted by molar-refractivity contribution is 5.81. The molecule has 2 amide bonds. The van der Waals surface area contributed by atoms with Gasteiger partial charge in [-0.25, -0.2) is 4.79 Å². The quantitative estimate of drug-likeness (QED) is 0.847. The molecule has 0 radical (unpaired) electrons. The molecule has 1 saturated heterocycles. The maximum absolute atomic E-state index is 12.0. The molecule has 8 heteroatoms. The number of carbonyl (C=O) groups excluding carboxylic acids is 2. The van der Waals surface area contributed by atoms with Crippen LogP contribution in [0.1, 0.15) is 27.2 Å². The van der Waals surface area contributed by atoms with E-state index in [-0.39, 0.29) is 19.0 Å². The maximum Gasteiger partial charge on any atom is 0.471 e. The Morgan fingerprint density at radius 1 is 1.30 bits per heavy atom. The number of amides is 2. The van der Waals surface area contributed by atoms with E-state index in [0.717, 1.165) is 0 Å². The van der Waals surface area contributed by atoms with Gasteiger partial charge in [0.15, 0.2) is 0 Å². The van der Waals surface area contributed by atoms with Crippen molar-refractivity contribution < 1.29 is 27.5 Å². The third-order valence-corrected chi connectivity index (χ3v) is 2.75. The molecule has 1 heterocycles. The molecule has 0 aliphatic carbocycles. The van der Waals surface area contributed by atoms with Crippen LogP contribution >= 0.6 is 0 Å². The van der Waals surface area contributed by atoms with E-state index in [9.17, 15) is 22.8 Å². The number of halogens is 3. The van der Waals surface area contributed by atoms with Crippen molar-refractivity contribution in [3.8, 4) is 0 Å². The second kappa shape index (κ2) is 5.88. The number of carbonyl (C=O) groups is 2. The fourth-order valence-corrected chi connectivity index (χ4v) is 1.83. The highest BCUT2D eigenvalue weighted by Gasteiger charge is 2.39. The van der Waals surface area contributed by atoms with Gasteiger partial charge >= 0.3 is 18.2 Å². The number of rotatable bonds is 2. The van der Waals surface area contributed by atoms with Crippen LogP contribution in [0.3, 0.4) is 0 Å². The topological polar surface area (TPSA) is 58.6 Å². The van der Waals surface area contributed by atoms with Crippen molar-refractivity contribution in [3.63, 3.8) is 0 Å². The van der Waals surface area contributed by atoms with Crippen LogP contribution in [0.15, 0.2) is 0 Å². The first-order valence-electron chi connectivity index (χ1n) is 6.32. The minimum absolute atomic E-state index is 0.0996. The molecule has 1 atom stereocenters. The highest BCUT2D eigenvalue weighted by Crippen LogP contribution is 2.20. The summed E-state index contributed by atoms with van der Waals surface area (Å²) < 4.78 is 41.2. The third-order valence-electron chi connectivity index (χ3n) is 2.75. The average molecular weight is 296 g/mol. The van der Waals surface area contributed by atoms with Crippen LogP contribution in [0.4, 0.5) is 18.0 Å². The zero-order valence-corrected chi connectivity index (χ0v) is 11.7. The van der Waals surface area contributed by atoms with Gasteiger partial charge < -0.3 is 15.0 Å². The van der Waals surface area contributed by atoms with Crippen LogP contribution in [-0.4, -0.2) is 48.3 Å². The number of nitrogens with one attached hydrogen (secondary N) is 1. The van der Waals surface area contributed by atoms with Gasteiger partial charge in [-0.1, -0.05) is 0 Å². The van der Waals surface area contributed by atoms with E-state index in [4.69, 9.17) is 4.74 Å². The lowest BCUT2D eigenvalue weighted by Gasteiger charge is -2.24. The standard InChI is InChI=1S/C12H19F3N2O3/c1-11(2,3)20-10(19)17-5-4-8(7-17)6-16-9(18)12(13,14)15/h8H,4-7H2,1-3H3,(H,16,18)/t8-/m1/s1. The Hall–Kier alpha value is -1.47. The summed E-state index contributed by atoms with van der Waals surface area (Å²) in [6, 6.07) is 0. The normalized spacial score (nSPS) is 19.9. The monoisotopic (exact) mass is 296 g/mol. The Morgan fingerprint density at radius 2 is 1.90 bits per heavy atom. The summed E-state index contributed by atoms with van der Waals surface area (Å²) in [6.45, 7) is 5.82. The second-order valence-electron chi connectivity index (χ2n) is 5.79. The summed E-state index contributed by atoms with van der Waals surface area (Å²) in [5, 5.41) is 1.83. The fourth-order valence-electron chi connectivity index (χ4n) is 1.83. The Bertz CT molecular complexity index is 377. The van der Waals surface area contributed by atoms with E-state index >= 15 is 0 Å². The molecule has 1 aliphatic heterocycles. The summed E-state index contributed by atoms with van der Waals surface area (Å²) in [5.41, 5.74) is -0.611. The van der Waals surface area contributed by atoms with Crippen molar-refractivity contribution in [2.24, 2.45) is 5.92 Å². The minimum Gasteiger partial charge on any atom is -0.444 e. The molecule has 116 valence electrons. The lowest BCUT2D eigenvalue weighted by atomic mass is 10.1. The van der Waals surface area contributed by atoms with Gasteiger partial charge in [0.2, 0.25) is 0 Å². The van der Waals surface area contributed by atoms with Gasteiger partial charge in [0.1, 0.15) is 5.60 Å². The third kappa shape index (κ3) is 5.26. The summed E-state index contributed by atoms with van der Waals surface area (Å²) in [6.07, 6.45) is -4.82. The molecular weight excluding hydrogens is 277 g/mol. The van der Waals surface area contributed by atoms with Crippen molar-refractivity contribution in [2.45, 2.75) is 39.0 Å². The van der Waals surface area contributed by atoms with Gasteiger partial charge in [0.05, 0.1) is 0 Å². The number of nitrogens with zero attached hydrogens (tertiary/aromatic N) is 1. The zero-order valence-electron chi connectivity index (χ0n) is 11.7. The van der Waals surface area contributed by atoms with Gasteiger partial charge in [-0.2, -0.15) is 13.2 Å². The number of ether oxygens (including phenoxy) is 1. The van der Waals surface area contributed by atoms with Crippen molar-refractivity contribution >= 4 is 12.0 Å². The predicted molar refractivity (Wildman–Crippen MR) is 65.0 cm³/mol. The summed E-state index contributed by atoms with van der Waals surface area (Å²) in [7, 11) is 0. The lowest BCUT2D eigenvalue weighted by Crippen LogP contribution is -2.40. The van der Waals surface area contributed by atoms with Crippen LogP contribution < -0.4 is 5.32 Å². The zero-order chi connectivity index (χ0) is 15.6. The smallest absolute Gasteiger partial charge is 0.444 e. The van der Waals surface area contributed by atoms with Crippen LogP contribution in [0.5, 0.6) is 0 Å². The molecule has 0 spiro atoms. The van der Waals surface area contributed by atoms with Gasteiger partial charge in [-0.3, -0.25) is 4.79 Å². The van der Waals surface area contributed by atoms with Gasteiger partial charge in [0.25, 0.3) is 0 Å². The van der Waals surface area contributed by atoms with Crippen molar-refractivity contribution in [1.82, 2.24) is 10.2 Å². The van der Waals surface area contributed by atoms with Crippen LogP contribution in [0.2, 0.25) is 0 Å². The molecule has 0 bridgehead atoms. The molecule has 0 aromatic heterocycles. The number of hydrogen-bond acceptors (Lipinski definition) is 3. The molecule has 1 rings (SSSR count). The summed E-state index contributed by atoms with van der Waals surface area (Å²) >= 11 is 0. The van der Waals surface area contributed by atoms with Crippen LogP contribution in [-0.2, 0) is 9.53 Å². The SMILES string of the molecule is CC(C)(C)OC(=O)N1CC[C@H](CNC(=O)C(F)(F)F)C1. The van der Waals surface area contributed by atoms with E-state index in [2.05, 4.69) is 0 Å². The lowest BCUT2D eigenvalue weighted by molar-refractivity contribution is -0.173. The Morgan fingerprint density at radius 3 is 2.40 bits per heavy atom. The van der Waals surface area contributed by atoms with E-state index < -0.39 is 23.8 Å². The predicted octanol–water partition coefficient (Wildman–Crippen LogP) is 1.92. The van der Waals surface area contributed by atoms with Gasteiger partial charge in [-0.05, 0) is 33.1 Å². The molecule has 0 aromatic rings. The molecular formula is C12H19F3N2O3. The van der Waals surface area contributed by atoms with Gasteiger partial charge in [-0.15, -0.1) is 0 Å². The highest BCUT2D eigenvalue weighted by atomic mass is 19.4. The Kier molecular flexibility index (Phi) is 4.88. The van der Waals surface area contributed by atoms with Crippen LogP contribution in [0, 0.1) is 5.92 Å². The molecule has 0 aromatic carbocycles. The van der Waals surface area contributed by atoms with E-state index in [1.54, 1.807) is 20.8 Å². The first kappa shape index (κ1) is 16.6. The van der Waals surface area contributed by atoms with E-state index in [1.807, 2.05) is 5.32 Å². The minimum atomic E-state index is -4.87. The summed E-state index contributed by atoms with van der Waals surface area (Å²) in [5.74, 6) is -2.14. The molecule has 1 fully saturated rings. The molecule has 0 unspecified atom stereocenters. The van der Waals surface area contributed by atoms with E-state index in [0.29, 0.717) is 13.0 Å². The number of likely N-dealkylation sites (tertiary alicyclic amines) is 1. The van der Waals surface area contributed by atoms with Crippen molar-refractivity contribution in [1.29, 1.82) is 0 Å². The first-order valence-corrected chi connectivity index (χ1v) is 6.32. The number of hydrogen-bond donors (Lipinski definition) is 1. The van der Waals surface area contributed by atoms with Crippen LogP contribution in [0.25, 0.3) is 0 Å². The molecule has 1 N–H and O–H groups in total. The Balaban J connectivity index is 2.37. The first-order chi connectivity index (χ1) is 8.99. The van der Waals surface area contributed by atoms with Crippen molar-refractivity contribution in [2.75, 3.05) is 19.6 Å². The fraction of sp³-hybridized carbons (Fsp3) is 0.833. The average Bonchev–Trinajstić information content (AvgIpc) is 2.70. The molecule has 5 nitrogen and oxygen atoms in total. The molecule has 20 heavy (non-hydrogen) atoms. The second-order valence-corrected chi connectivity index (χ2v) is 5.79. The summed E-state index contributed by atoms with van der Waals surface area (Å²) in [4.78, 5) is 23.9. The maximum atomic E-state index is 12.0. The van der Waals surface area contributed by atoms with Crippen molar-refractivity contribution in [3.05, 3.63) is 0 Å². The molecule has 1 aliphatic rings. The largest absolute Gasteiger partial charge is 0.471 e.